The van der Waals surface area contributed by atoms with Gasteiger partial charge in [-0.3, -0.25) is 4.98 Å². The molecule has 5 heteroatoms. The molecule has 0 atom stereocenters. The maximum absolute atomic E-state index is 11.4. The van der Waals surface area contributed by atoms with Crippen LogP contribution in [0.2, 0.25) is 5.02 Å². The topological polar surface area (TPSA) is 62.2 Å². The third-order valence-corrected chi connectivity index (χ3v) is 4.13. The molecule has 23 heavy (non-hydrogen) atoms. The minimum absolute atomic E-state index is 0.223. The predicted octanol–water partition coefficient (Wildman–Crippen LogP) is 4.95. The molecule has 0 aliphatic carbocycles. The number of aromatic carboxylic acids is 1. The second kappa shape index (κ2) is 5.89. The summed E-state index contributed by atoms with van der Waals surface area (Å²) in [5.74, 6) is -0.970. The van der Waals surface area contributed by atoms with Crippen LogP contribution in [0.5, 0.6) is 0 Å². The van der Waals surface area contributed by atoms with Crippen LogP contribution in [0, 0.1) is 13.8 Å². The molecule has 1 aromatic heterocycles. The van der Waals surface area contributed by atoms with Gasteiger partial charge in [-0.2, -0.15) is 0 Å². The lowest BCUT2D eigenvalue weighted by molar-refractivity contribution is 0.0698. The van der Waals surface area contributed by atoms with Crippen molar-refractivity contribution in [1.29, 1.82) is 0 Å². The second-order valence-electron chi connectivity index (χ2n) is 5.36. The Morgan fingerprint density at radius 3 is 2.61 bits per heavy atom. The number of aryl methyl sites for hydroxylation is 2. The Morgan fingerprint density at radius 2 is 1.87 bits per heavy atom. The Morgan fingerprint density at radius 1 is 1.13 bits per heavy atom. The molecule has 0 saturated carbocycles. The fourth-order valence-corrected chi connectivity index (χ4v) is 2.71. The number of nitrogens with one attached hydrogen (secondary N) is 1. The van der Waals surface area contributed by atoms with Crippen LogP contribution in [-0.4, -0.2) is 16.1 Å². The number of nitrogens with zero attached hydrogens (tertiary/aromatic N) is 1. The Labute approximate surface area is 138 Å². The zero-order valence-electron chi connectivity index (χ0n) is 12.7. The van der Waals surface area contributed by atoms with E-state index >= 15 is 0 Å². The molecule has 3 rings (SSSR count). The standard InChI is InChI=1S/C18H15ClN2O2/c1-10-9-16(12-7-8-14(19)11(2)17(12)20-10)21-15-6-4-3-5-13(15)18(22)23/h3-9H,1-2H3,(H,20,21)(H,22,23). The molecule has 0 fully saturated rings. The number of hydrogen-bond donors (Lipinski definition) is 2. The van der Waals surface area contributed by atoms with Crippen molar-refractivity contribution in [3.05, 3.63) is 64.3 Å². The number of carbonyl (C=O) groups is 1. The van der Waals surface area contributed by atoms with Gasteiger partial charge in [0.15, 0.2) is 0 Å². The van der Waals surface area contributed by atoms with E-state index in [-0.39, 0.29) is 5.56 Å². The van der Waals surface area contributed by atoms with Crippen molar-refractivity contribution in [2.24, 2.45) is 0 Å². The fourth-order valence-electron chi connectivity index (χ4n) is 2.56. The number of hydrogen-bond acceptors (Lipinski definition) is 3. The maximum Gasteiger partial charge on any atom is 0.337 e. The van der Waals surface area contributed by atoms with Crippen LogP contribution in [0.3, 0.4) is 0 Å². The molecule has 0 amide bonds. The first-order valence-electron chi connectivity index (χ1n) is 7.13. The molecule has 2 N–H and O–H groups in total. The molecule has 3 aromatic rings. The predicted molar refractivity (Wildman–Crippen MR) is 92.9 cm³/mol. The number of halogens is 1. The van der Waals surface area contributed by atoms with E-state index in [2.05, 4.69) is 10.3 Å². The number of fused-ring (bicyclic) bond motifs is 1. The molecule has 0 radical (unpaired) electrons. The number of rotatable bonds is 3. The summed E-state index contributed by atoms with van der Waals surface area (Å²) in [6, 6.07) is 12.4. The van der Waals surface area contributed by atoms with Gasteiger partial charge in [-0.25, -0.2) is 4.79 Å². The molecule has 0 bridgehead atoms. The van der Waals surface area contributed by atoms with Gasteiger partial charge in [-0.15, -0.1) is 0 Å². The van der Waals surface area contributed by atoms with Gasteiger partial charge in [0, 0.05) is 21.8 Å². The van der Waals surface area contributed by atoms with Crippen molar-refractivity contribution in [3.63, 3.8) is 0 Å². The van der Waals surface area contributed by atoms with Crippen molar-refractivity contribution in [3.8, 4) is 0 Å². The summed E-state index contributed by atoms with van der Waals surface area (Å²) in [5, 5.41) is 14.1. The quantitative estimate of drug-likeness (QED) is 0.715. The number of carboxylic acids is 1. The molecular formula is C18H15ClN2O2. The Balaban J connectivity index is 2.18. The molecule has 4 nitrogen and oxygen atoms in total. The Hall–Kier alpha value is -2.59. The summed E-state index contributed by atoms with van der Waals surface area (Å²) in [6.07, 6.45) is 0. The van der Waals surface area contributed by atoms with Gasteiger partial charge in [0.1, 0.15) is 0 Å². The summed E-state index contributed by atoms with van der Waals surface area (Å²) in [7, 11) is 0. The van der Waals surface area contributed by atoms with Gasteiger partial charge < -0.3 is 10.4 Å². The van der Waals surface area contributed by atoms with Crippen molar-refractivity contribution >= 4 is 39.8 Å². The van der Waals surface area contributed by atoms with Gasteiger partial charge in [-0.05, 0) is 49.7 Å². The first kappa shape index (κ1) is 15.3. The molecule has 0 saturated heterocycles. The lowest BCUT2D eigenvalue weighted by Gasteiger charge is -2.14. The smallest absolute Gasteiger partial charge is 0.337 e. The van der Waals surface area contributed by atoms with Crippen molar-refractivity contribution < 1.29 is 9.90 Å². The van der Waals surface area contributed by atoms with E-state index in [0.29, 0.717) is 10.7 Å². The summed E-state index contributed by atoms with van der Waals surface area (Å²) in [4.78, 5) is 15.9. The average molecular weight is 327 g/mol. The molecule has 0 aliphatic rings. The van der Waals surface area contributed by atoms with Crippen LogP contribution in [0.1, 0.15) is 21.6 Å². The van der Waals surface area contributed by atoms with Gasteiger partial charge >= 0.3 is 5.97 Å². The largest absolute Gasteiger partial charge is 0.478 e. The highest BCUT2D eigenvalue weighted by Gasteiger charge is 2.13. The van der Waals surface area contributed by atoms with Gasteiger partial charge in [0.05, 0.1) is 16.8 Å². The zero-order valence-corrected chi connectivity index (χ0v) is 13.5. The number of aromatic nitrogens is 1. The first-order chi connectivity index (χ1) is 11.0. The monoisotopic (exact) mass is 326 g/mol. The summed E-state index contributed by atoms with van der Waals surface area (Å²) in [6.45, 7) is 3.82. The molecule has 116 valence electrons. The SMILES string of the molecule is Cc1cc(Nc2ccccc2C(=O)O)c2ccc(Cl)c(C)c2n1. The van der Waals surface area contributed by atoms with Crippen molar-refractivity contribution in [2.75, 3.05) is 5.32 Å². The van der Waals surface area contributed by atoms with Crippen LogP contribution in [0.25, 0.3) is 10.9 Å². The molecule has 0 aliphatic heterocycles. The zero-order chi connectivity index (χ0) is 16.6. The second-order valence-corrected chi connectivity index (χ2v) is 5.76. The van der Waals surface area contributed by atoms with Crippen molar-refractivity contribution in [1.82, 2.24) is 4.98 Å². The van der Waals surface area contributed by atoms with E-state index in [1.165, 1.54) is 0 Å². The molecule has 2 aromatic carbocycles. The van der Waals surface area contributed by atoms with Crippen LogP contribution in [-0.2, 0) is 0 Å². The third-order valence-electron chi connectivity index (χ3n) is 3.72. The number of carboxylic acid groups (broad SMARTS) is 1. The lowest BCUT2D eigenvalue weighted by Crippen LogP contribution is -2.03. The Bertz CT molecular complexity index is 922. The van der Waals surface area contributed by atoms with E-state index in [4.69, 9.17) is 11.6 Å². The van der Waals surface area contributed by atoms with Crippen molar-refractivity contribution in [2.45, 2.75) is 13.8 Å². The average Bonchev–Trinajstić information content (AvgIpc) is 2.51. The first-order valence-corrected chi connectivity index (χ1v) is 7.51. The Kier molecular flexibility index (Phi) is 3.92. The molecule has 0 unspecified atom stereocenters. The number of anilines is 2. The highest BCUT2D eigenvalue weighted by atomic mass is 35.5. The van der Waals surface area contributed by atoms with E-state index in [1.54, 1.807) is 24.3 Å². The van der Waals surface area contributed by atoms with Crippen LogP contribution >= 0.6 is 11.6 Å². The van der Waals surface area contributed by atoms with Crippen LogP contribution < -0.4 is 5.32 Å². The van der Waals surface area contributed by atoms with E-state index in [9.17, 15) is 9.90 Å². The van der Waals surface area contributed by atoms with Gasteiger partial charge in [0.25, 0.3) is 0 Å². The molecule has 0 spiro atoms. The normalized spacial score (nSPS) is 10.7. The number of para-hydroxylation sites is 1. The van der Waals surface area contributed by atoms with Crippen LogP contribution in [0.4, 0.5) is 11.4 Å². The highest BCUT2D eigenvalue weighted by Crippen LogP contribution is 2.32. The van der Waals surface area contributed by atoms with Gasteiger partial charge in [-0.1, -0.05) is 23.7 Å². The summed E-state index contributed by atoms with van der Waals surface area (Å²) in [5.41, 5.74) is 4.12. The number of benzene rings is 2. The highest BCUT2D eigenvalue weighted by molar-refractivity contribution is 6.32. The maximum atomic E-state index is 11.4. The lowest BCUT2D eigenvalue weighted by atomic mass is 10.1. The van der Waals surface area contributed by atoms with Crippen LogP contribution in [0.15, 0.2) is 42.5 Å². The third kappa shape index (κ3) is 2.85. The van der Waals surface area contributed by atoms with Gasteiger partial charge in [0.2, 0.25) is 0 Å². The van der Waals surface area contributed by atoms with E-state index < -0.39 is 5.97 Å². The molecular weight excluding hydrogens is 312 g/mol. The molecule has 1 heterocycles. The van der Waals surface area contributed by atoms with E-state index in [0.717, 1.165) is 27.8 Å². The van der Waals surface area contributed by atoms with E-state index in [1.807, 2.05) is 32.0 Å². The fraction of sp³-hybridized carbons (Fsp3) is 0.111. The minimum Gasteiger partial charge on any atom is -0.478 e. The number of pyridine rings is 1. The summed E-state index contributed by atoms with van der Waals surface area (Å²) >= 11 is 6.18. The summed E-state index contributed by atoms with van der Waals surface area (Å²) < 4.78 is 0. The minimum atomic E-state index is -0.970.